The van der Waals surface area contributed by atoms with Crippen molar-refractivity contribution in [1.82, 2.24) is 4.90 Å². The van der Waals surface area contributed by atoms with Crippen LogP contribution in [0.2, 0.25) is 0 Å². The Morgan fingerprint density at radius 2 is 1.81 bits per heavy atom. The summed E-state index contributed by atoms with van der Waals surface area (Å²) in [4.78, 5) is 24.7. The van der Waals surface area contributed by atoms with Crippen LogP contribution in [-0.4, -0.2) is 29.8 Å². The maximum Gasteiger partial charge on any atom is 0.416 e. The van der Waals surface area contributed by atoms with E-state index in [-0.39, 0.29) is 11.5 Å². The van der Waals surface area contributed by atoms with Crippen molar-refractivity contribution in [1.29, 1.82) is 0 Å². The van der Waals surface area contributed by atoms with Crippen molar-refractivity contribution in [2.45, 2.75) is 19.0 Å². The van der Waals surface area contributed by atoms with Crippen molar-refractivity contribution in [2.24, 2.45) is 11.7 Å². The van der Waals surface area contributed by atoms with Crippen LogP contribution in [0.15, 0.2) is 24.3 Å². The van der Waals surface area contributed by atoms with E-state index in [1.54, 1.807) is 0 Å². The van der Waals surface area contributed by atoms with Gasteiger partial charge in [0.15, 0.2) is 0 Å². The quantitative estimate of drug-likeness (QED) is 0.908. The van der Waals surface area contributed by atoms with Crippen LogP contribution >= 0.6 is 0 Å². The van der Waals surface area contributed by atoms with E-state index in [0.29, 0.717) is 25.9 Å². The Bertz CT molecular complexity index is 549. The van der Waals surface area contributed by atoms with Crippen LogP contribution in [0, 0.1) is 5.92 Å². The Kier molecular flexibility index (Phi) is 4.20. The van der Waals surface area contributed by atoms with Crippen molar-refractivity contribution in [2.75, 3.05) is 13.1 Å². The largest absolute Gasteiger partial charge is 0.416 e. The van der Waals surface area contributed by atoms with Crippen LogP contribution in [0.25, 0.3) is 0 Å². The third kappa shape index (κ3) is 3.53. The van der Waals surface area contributed by atoms with Gasteiger partial charge in [0.2, 0.25) is 5.91 Å². The van der Waals surface area contributed by atoms with Crippen molar-refractivity contribution < 1.29 is 22.8 Å². The topological polar surface area (TPSA) is 63.4 Å². The van der Waals surface area contributed by atoms with Crippen LogP contribution < -0.4 is 5.73 Å². The molecule has 7 heteroatoms. The number of piperidine rings is 1. The van der Waals surface area contributed by atoms with E-state index >= 15 is 0 Å². The number of carbonyl (C=O) groups excluding carboxylic acids is 2. The first-order chi connectivity index (χ1) is 9.79. The van der Waals surface area contributed by atoms with Gasteiger partial charge in [0.05, 0.1) is 5.56 Å². The highest BCUT2D eigenvalue weighted by atomic mass is 19.4. The Balaban J connectivity index is 2.09. The fourth-order valence-corrected chi connectivity index (χ4v) is 2.38. The van der Waals surface area contributed by atoms with Gasteiger partial charge in [-0.25, -0.2) is 0 Å². The Hall–Kier alpha value is -2.05. The number of nitrogens with zero attached hydrogens (tertiary/aromatic N) is 1. The number of alkyl halides is 3. The first-order valence-corrected chi connectivity index (χ1v) is 6.55. The standard InChI is InChI=1S/C14H15F3N2O2/c15-14(16,17)11-3-1-2-10(8-11)13(21)19-6-4-9(5-7-19)12(18)20/h1-3,8-9H,4-7H2,(H2,18,20). The van der Waals surface area contributed by atoms with Crippen LogP contribution in [0.5, 0.6) is 0 Å². The smallest absolute Gasteiger partial charge is 0.369 e. The van der Waals surface area contributed by atoms with E-state index < -0.39 is 23.6 Å². The maximum atomic E-state index is 12.6. The zero-order valence-electron chi connectivity index (χ0n) is 11.2. The third-order valence-electron chi connectivity index (χ3n) is 3.62. The van der Waals surface area contributed by atoms with Crippen molar-refractivity contribution in [3.8, 4) is 0 Å². The summed E-state index contributed by atoms with van der Waals surface area (Å²) in [5.41, 5.74) is 4.36. The molecular weight excluding hydrogens is 285 g/mol. The van der Waals surface area contributed by atoms with E-state index in [1.807, 2.05) is 0 Å². The number of hydrogen-bond acceptors (Lipinski definition) is 2. The molecule has 2 rings (SSSR count). The molecular formula is C14H15F3N2O2. The SMILES string of the molecule is NC(=O)C1CCN(C(=O)c2cccc(C(F)(F)F)c2)CC1. The lowest BCUT2D eigenvalue weighted by Gasteiger charge is -2.30. The molecule has 0 atom stereocenters. The van der Waals surface area contributed by atoms with Gasteiger partial charge >= 0.3 is 6.18 Å². The fourth-order valence-electron chi connectivity index (χ4n) is 2.38. The van der Waals surface area contributed by atoms with E-state index in [0.717, 1.165) is 12.1 Å². The van der Waals surface area contributed by atoms with Crippen LogP contribution in [-0.2, 0) is 11.0 Å². The molecule has 1 aromatic carbocycles. The summed E-state index contributed by atoms with van der Waals surface area (Å²) in [5, 5.41) is 0. The van der Waals surface area contributed by atoms with Crippen LogP contribution in [0.4, 0.5) is 13.2 Å². The lowest BCUT2D eigenvalue weighted by atomic mass is 9.95. The number of amides is 2. The van der Waals surface area contributed by atoms with E-state index in [1.165, 1.54) is 17.0 Å². The van der Waals surface area contributed by atoms with Gasteiger partial charge in [0, 0.05) is 24.6 Å². The molecule has 114 valence electrons. The van der Waals surface area contributed by atoms with Gasteiger partial charge in [-0.1, -0.05) is 6.07 Å². The first-order valence-electron chi connectivity index (χ1n) is 6.55. The second kappa shape index (κ2) is 5.75. The number of nitrogens with two attached hydrogens (primary N) is 1. The molecule has 0 saturated carbocycles. The summed E-state index contributed by atoms with van der Waals surface area (Å²) in [5.74, 6) is -1.12. The zero-order valence-corrected chi connectivity index (χ0v) is 11.2. The molecule has 21 heavy (non-hydrogen) atoms. The second-order valence-electron chi connectivity index (χ2n) is 5.05. The third-order valence-corrected chi connectivity index (χ3v) is 3.62. The minimum atomic E-state index is -4.48. The summed E-state index contributed by atoms with van der Waals surface area (Å²) in [7, 11) is 0. The minimum Gasteiger partial charge on any atom is -0.369 e. The highest BCUT2D eigenvalue weighted by molar-refractivity contribution is 5.94. The molecule has 0 spiro atoms. The number of primary amides is 1. The summed E-state index contributed by atoms with van der Waals surface area (Å²) < 4.78 is 37.9. The molecule has 2 N–H and O–H groups in total. The molecule has 0 aliphatic carbocycles. The van der Waals surface area contributed by atoms with Gasteiger partial charge in [0.1, 0.15) is 0 Å². The molecule has 0 radical (unpaired) electrons. The maximum absolute atomic E-state index is 12.6. The number of hydrogen-bond donors (Lipinski definition) is 1. The van der Waals surface area contributed by atoms with E-state index in [9.17, 15) is 22.8 Å². The van der Waals surface area contributed by atoms with Gasteiger partial charge in [-0.15, -0.1) is 0 Å². The molecule has 0 bridgehead atoms. The molecule has 1 heterocycles. The predicted molar refractivity (Wildman–Crippen MR) is 69.3 cm³/mol. The number of carbonyl (C=O) groups is 2. The molecule has 1 aliphatic rings. The molecule has 1 fully saturated rings. The van der Waals surface area contributed by atoms with Gasteiger partial charge in [-0.05, 0) is 31.0 Å². The summed E-state index contributed by atoms with van der Waals surface area (Å²) in [6.45, 7) is 0.644. The molecule has 0 aromatic heterocycles. The van der Waals surface area contributed by atoms with Gasteiger partial charge < -0.3 is 10.6 Å². The average molecular weight is 300 g/mol. The minimum absolute atomic E-state index is 0.00218. The normalized spacial score (nSPS) is 16.8. The Morgan fingerprint density at radius 1 is 1.19 bits per heavy atom. The number of likely N-dealkylation sites (tertiary alicyclic amines) is 1. The van der Waals surface area contributed by atoms with Crippen molar-refractivity contribution in [3.63, 3.8) is 0 Å². The average Bonchev–Trinajstić information content (AvgIpc) is 2.46. The van der Waals surface area contributed by atoms with Crippen molar-refractivity contribution >= 4 is 11.8 Å². The van der Waals surface area contributed by atoms with Gasteiger partial charge in [-0.3, -0.25) is 9.59 Å². The molecule has 1 aromatic rings. The number of halogens is 3. The van der Waals surface area contributed by atoms with Gasteiger partial charge in [-0.2, -0.15) is 13.2 Å². The Labute approximate surface area is 119 Å². The molecule has 4 nitrogen and oxygen atoms in total. The van der Waals surface area contributed by atoms with Gasteiger partial charge in [0.25, 0.3) is 5.91 Å². The zero-order chi connectivity index (χ0) is 15.6. The molecule has 1 aliphatic heterocycles. The lowest BCUT2D eigenvalue weighted by Crippen LogP contribution is -2.41. The summed E-state index contributed by atoms with van der Waals surface area (Å²) in [6, 6.07) is 4.35. The molecule has 0 unspecified atom stereocenters. The predicted octanol–water partition coefficient (Wildman–Crippen LogP) is 2.04. The molecule has 1 saturated heterocycles. The van der Waals surface area contributed by atoms with E-state index in [2.05, 4.69) is 0 Å². The molecule has 2 amide bonds. The van der Waals surface area contributed by atoms with E-state index in [4.69, 9.17) is 5.73 Å². The van der Waals surface area contributed by atoms with Crippen LogP contribution in [0.3, 0.4) is 0 Å². The summed E-state index contributed by atoms with van der Waals surface area (Å²) in [6.07, 6.45) is -3.59. The van der Waals surface area contributed by atoms with Crippen LogP contribution in [0.1, 0.15) is 28.8 Å². The van der Waals surface area contributed by atoms with Crippen molar-refractivity contribution in [3.05, 3.63) is 35.4 Å². The highest BCUT2D eigenvalue weighted by Crippen LogP contribution is 2.30. The fraction of sp³-hybridized carbons (Fsp3) is 0.429. The monoisotopic (exact) mass is 300 g/mol. The highest BCUT2D eigenvalue weighted by Gasteiger charge is 2.32. The first kappa shape index (κ1) is 15.3. The number of benzene rings is 1. The Morgan fingerprint density at radius 3 is 2.33 bits per heavy atom. The number of rotatable bonds is 2. The lowest BCUT2D eigenvalue weighted by molar-refractivity contribution is -0.137. The second-order valence-corrected chi connectivity index (χ2v) is 5.05. The summed E-state index contributed by atoms with van der Waals surface area (Å²) >= 11 is 0.